The van der Waals surface area contributed by atoms with Crippen molar-refractivity contribution in [3.05, 3.63) is 42.2 Å². The van der Waals surface area contributed by atoms with Gasteiger partial charge < -0.3 is 4.74 Å². The zero-order valence-corrected chi connectivity index (χ0v) is 16.1. The zero-order chi connectivity index (χ0) is 18.6. The highest BCUT2D eigenvalue weighted by Crippen LogP contribution is 2.19. The number of methoxy groups -OCH3 is 1. The molecule has 1 fully saturated rings. The number of nitrogens with zero attached hydrogens (tertiary/aromatic N) is 3. The maximum atomic E-state index is 12.5. The molecule has 0 saturated carbocycles. The summed E-state index contributed by atoms with van der Waals surface area (Å²) in [5.74, 6) is 0.954. The second-order valence-electron chi connectivity index (χ2n) is 6.79. The maximum Gasteiger partial charge on any atom is 0.240 e. The van der Waals surface area contributed by atoms with Gasteiger partial charge in [0.25, 0.3) is 0 Å². The molecule has 26 heavy (non-hydrogen) atoms. The molecule has 142 valence electrons. The second-order valence-corrected chi connectivity index (χ2v) is 8.56. The molecule has 1 aromatic heterocycles. The Hall–Kier alpha value is -1.90. The minimum Gasteiger partial charge on any atom is -0.497 e. The van der Waals surface area contributed by atoms with Crippen LogP contribution in [0.2, 0.25) is 0 Å². The van der Waals surface area contributed by atoms with Crippen LogP contribution in [-0.4, -0.2) is 49.8 Å². The Kier molecular flexibility index (Phi) is 5.95. The minimum atomic E-state index is -3.50. The van der Waals surface area contributed by atoms with Gasteiger partial charge in [0.05, 0.1) is 18.2 Å². The molecule has 1 aliphatic heterocycles. The molecule has 7 nitrogen and oxygen atoms in total. The van der Waals surface area contributed by atoms with Crippen molar-refractivity contribution in [2.45, 2.75) is 24.3 Å². The zero-order valence-electron chi connectivity index (χ0n) is 15.3. The van der Waals surface area contributed by atoms with E-state index in [0.29, 0.717) is 18.2 Å². The molecule has 3 rings (SSSR count). The van der Waals surface area contributed by atoms with E-state index in [1.54, 1.807) is 36.1 Å². The standard InChI is InChI=1S/C18H26N4O3S/c1-21-12-16(10-19-21)14-22-9-3-4-15(13-22)11-20-26(23,24)18-7-5-17(25-2)6-8-18/h5-8,10,12,15,20H,3-4,9,11,13-14H2,1-2H3/t15-/m0/s1. The van der Waals surface area contributed by atoms with E-state index in [1.807, 2.05) is 19.4 Å². The van der Waals surface area contributed by atoms with Crippen LogP contribution in [0.1, 0.15) is 18.4 Å². The lowest BCUT2D eigenvalue weighted by molar-refractivity contribution is 0.169. The van der Waals surface area contributed by atoms with Gasteiger partial charge in [0, 0.05) is 38.4 Å². The number of piperidine rings is 1. The molecule has 2 aromatic rings. The third-order valence-electron chi connectivity index (χ3n) is 4.70. The quantitative estimate of drug-likeness (QED) is 0.792. The van der Waals surface area contributed by atoms with E-state index >= 15 is 0 Å². The smallest absolute Gasteiger partial charge is 0.240 e. The summed E-state index contributed by atoms with van der Waals surface area (Å²) in [6.45, 7) is 3.24. The van der Waals surface area contributed by atoms with Crippen molar-refractivity contribution in [3.8, 4) is 5.75 Å². The third kappa shape index (κ3) is 4.84. The van der Waals surface area contributed by atoms with Crippen LogP contribution in [0.25, 0.3) is 0 Å². The van der Waals surface area contributed by atoms with Crippen molar-refractivity contribution in [2.24, 2.45) is 13.0 Å². The summed E-state index contributed by atoms with van der Waals surface area (Å²) in [6, 6.07) is 6.45. The first-order chi connectivity index (χ1) is 12.5. The van der Waals surface area contributed by atoms with Crippen LogP contribution in [0.4, 0.5) is 0 Å². The molecule has 1 saturated heterocycles. The molecule has 0 aliphatic carbocycles. The third-order valence-corrected chi connectivity index (χ3v) is 6.14. The molecular weight excluding hydrogens is 352 g/mol. The van der Waals surface area contributed by atoms with E-state index in [2.05, 4.69) is 14.7 Å². The van der Waals surface area contributed by atoms with Crippen LogP contribution >= 0.6 is 0 Å². The molecule has 2 heterocycles. The van der Waals surface area contributed by atoms with E-state index in [1.165, 1.54) is 5.56 Å². The first kappa shape index (κ1) is 18.9. The fourth-order valence-corrected chi connectivity index (χ4v) is 4.46. The van der Waals surface area contributed by atoms with E-state index in [-0.39, 0.29) is 4.90 Å². The number of hydrogen-bond donors (Lipinski definition) is 1. The molecule has 1 aromatic carbocycles. The molecule has 8 heteroatoms. The molecule has 0 unspecified atom stereocenters. The lowest BCUT2D eigenvalue weighted by Crippen LogP contribution is -2.40. The first-order valence-electron chi connectivity index (χ1n) is 8.80. The SMILES string of the molecule is COc1ccc(S(=O)(=O)NC[C@@H]2CCCN(Cc3cnn(C)c3)C2)cc1. The average Bonchev–Trinajstić information content (AvgIpc) is 3.05. The number of ether oxygens (including phenoxy) is 1. The molecule has 1 atom stereocenters. The van der Waals surface area contributed by atoms with Crippen molar-refractivity contribution in [1.82, 2.24) is 19.4 Å². The van der Waals surface area contributed by atoms with E-state index in [9.17, 15) is 8.42 Å². The van der Waals surface area contributed by atoms with Gasteiger partial charge in [-0.15, -0.1) is 0 Å². The predicted molar refractivity (Wildman–Crippen MR) is 99.4 cm³/mol. The monoisotopic (exact) mass is 378 g/mol. The highest BCUT2D eigenvalue weighted by Gasteiger charge is 2.23. The summed E-state index contributed by atoms with van der Waals surface area (Å²) < 4.78 is 34.6. The van der Waals surface area contributed by atoms with Gasteiger partial charge in [-0.05, 0) is 49.6 Å². The first-order valence-corrected chi connectivity index (χ1v) is 10.3. The Balaban J connectivity index is 1.54. The van der Waals surface area contributed by atoms with Gasteiger partial charge >= 0.3 is 0 Å². The van der Waals surface area contributed by atoms with Crippen molar-refractivity contribution in [1.29, 1.82) is 0 Å². The Morgan fingerprint density at radius 2 is 2.08 bits per heavy atom. The Labute approximate surface area is 155 Å². The van der Waals surface area contributed by atoms with Gasteiger partial charge in [0.15, 0.2) is 0 Å². The van der Waals surface area contributed by atoms with Gasteiger partial charge in [0.2, 0.25) is 10.0 Å². The van der Waals surface area contributed by atoms with Gasteiger partial charge in [-0.2, -0.15) is 5.10 Å². The topological polar surface area (TPSA) is 76.5 Å². The van der Waals surface area contributed by atoms with E-state index < -0.39 is 10.0 Å². The van der Waals surface area contributed by atoms with Crippen LogP contribution in [0.3, 0.4) is 0 Å². The summed E-state index contributed by atoms with van der Waals surface area (Å²) in [5.41, 5.74) is 1.19. The van der Waals surface area contributed by atoms with Crippen molar-refractivity contribution in [2.75, 3.05) is 26.7 Å². The molecule has 0 amide bonds. The second kappa shape index (κ2) is 8.20. The largest absolute Gasteiger partial charge is 0.497 e. The highest BCUT2D eigenvalue weighted by atomic mass is 32.2. The Morgan fingerprint density at radius 3 is 2.73 bits per heavy atom. The molecule has 1 N–H and O–H groups in total. The average molecular weight is 378 g/mol. The van der Waals surface area contributed by atoms with Crippen LogP contribution in [0.15, 0.2) is 41.6 Å². The fraction of sp³-hybridized carbons (Fsp3) is 0.500. The fourth-order valence-electron chi connectivity index (χ4n) is 3.34. The van der Waals surface area contributed by atoms with Gasteiger partial charge in [-0.1, -0.05) is 0 Å². The van der Waals surface area contributed by atoms with Gasteiger partial charge in [0.1, 0.15) is 5.75 Å². The number of rotatable bonds is 7. The Morgan fingerprint density at radius 1 is 1.31 bits per heavy atom. The number of hydrogen-bond acceptors (Lipinski definition) is 5. The van der Waals surface area contributed by atoms with E-state index in [0.717, 1.165) is 32.5 Å². The van der Waals surface area contributed by atoms with Crippen LogP contribution in [0.5, 0.6) is 5.75 Å². The van der Waals surface area contributed by atoms with Gasteiger partial charge in [-0.25, -0.2) is 13.1 Å². The number of sulfonamides is 1. The van der Waals surface area contributed by atoms with Gasteiger partial charge in [-0.3, -0.25) is 9.58 Å². The number of nitrogens with one attached hydrogen (secondary N) is 1. The molecule has 0 bridgehead atoms. The molecule has 0 radical (unpaired) electrons. The van der Waals surface area contributed by atoms with Crippen LogP contribution < -0.4 is 9.46 Å². The normalized spacial score (nSPS) is 18.8. The van der Waals surface area contributed by atoms with Crippen molar-refractivity contribution < 1.29 is 13.2 Å². The number of likely N-dealkylation sites (tertiary alicyclic amines) is 1. The van der Waals surface area contributed by atoms with Crippen LogP contribution in [0, 0.1) is 5.92 Å². The maximum absolute atomic E-state index is 12.5. The summed E-state index contributed by atoms with van der Waals surface area (Å²) in [5, 5.41) is 4.21. The molecule has 0 spiro atoms. The summed E-state index contributed by atoms with van der Waals surface area (Å²) in [6.07, 6.45) is 6.02. The number of aromatic nitrogens is 2. The summed E-state index contributed by atoms with van der Waals surface area (Å²) in [7, 11) is -0.0243. The van der Waals surface area contributed by atoms with E-state index in [4.69, 9.17) is 4.74 Å². The predicted octanol–water partition coefficient (Wildman–Crippen LogP) is 1.62. The lowest BCUT2D eigenvalue weighted by atomic mass is 9.98. The van der Waals surface area contributed by atoms with Crippen LogP contribution in [-0.2, 0) is 23.6 Å². The highest BCUT2D eigenvalue weighted by molar-refractivity contribution is 7.89. The number of benzene rings is 1. The summed E-state index contributed by atoms with van der Waals surface area (Å²) in [4.78, 5) is 2.63. The number of aryl methyl sites for hydroxylation is 1. The summed E-state index contributed by atoms with van der Waals surface area (Å²) >= 11 is 0. The molecule has 1 aliphatic rings. The Bertz CT molecular complexity index is 817. The van der Waals surface area contributed by atoms with Crippen molar-refractivity contribution in [3.63, 3.8) is 0 Å². The molecular formula is C18H26N4O3S. The minimum absolute atomic E-state index is 0.265. The lowest BCUT2D eigenvalue weighted by Gasteiger charge is -2.32. The van der Waals surface area contributed by atoms with Crippen molar-refractivity contribution >= 4 is 10.0 Å².